The molecule has 1 heterocycles. The van der Waals surface area contributed by atoms with Crippen LogP contribution in [0.4, 0.5) is 0 Å². The van der Waals surface area contributed by atoms with Crippen LogP contribution in [0.15, 0.2) is 0 Å². The molecule has 1 aliphatic heterocycles. The molecule has 12 nitrogen and oxygen atoms in total. The van der Waals surface area contributed by atoms with Crippen molar-refractivity contribution < 1.29 is 39.6 Å². The fourth-order valence-electron chi connectivity index (χ4n) is 3.65. The molecule has 0 amide bonds. The fraction of sp³-hybridized carbons (Fsp3) is 0.800. The van der Waals surface area contributed by atoms with Crippen molar-refractivity contribution in [2.45, 2.75) is 51.9 Å². The van der Waals surface area contributed by atoms with Gasteiger partial charge in [0.25, 0.3) is 0 Å². The van der Waals surface area contributed by atoms with E-state index in [-0.39, 0.29) is 52.4 Å². The Morgan fingerprint density at radius 3 is 0.656 bits per heavy atom. The molecule has 4 atom stereocenters. The van der Waals surface area contributed by atoms with Gasteiger partial charge in [-0.25, -0.2) is 0 Å². The Kier molecular flexibility index (Phi) is 11.0. The number of rotatable bonds is 8. The van der Waals surface area contributed by atoms with Crippen LogP contribution in [-0.2, 0) is 19.2 Å². The molecule has 0 radical (unpaired) electrons. The number of nitrogens with zero attached hydrogens (tertiary/aromatic N) is 4. The van der Waals surface area contributed by atoms with Gasteiger partial charge in [0.2, 0.25) is 0 Å². The highest BCUT2D eigenvalue weighted by Gasteiger charge is 2.30. The maximum atomic E-state index is 11.6. The van der Waals surface area contributed by atoms with Crippen molar-refractivity contribution in [3.8, 4) is 0 Å². The molecule has 0 saturated carbocycles. The Morgan fingerprint density at radius 2 is 0.562 bits per heavy atom. The fourth-order valence-corrected chi connectivity index (χ4v) is 3.65. The zero-order chi connectivity index (χ0) is 24.6. The number of carboxylic acids is 4. The number of carboxylic acid groups (broad SMARTS) is 4. The van der Waals surface area contributed by atoms with Gasteiger partial charge in [-0.05, 0) is 27.7 Å². The van der Waals surface area contributed by atoms with Crippen LogP contribution in [0.2, 0.25) is 0 Å². The molecule has 12 heteroatoms. The molecule has 0 spiro atoms. The average molecular weight is 461 g/mol. The summed E-state index contributed by atoms with van der Waals surface area (Å²) < 4.78 is 0. The summed E-state index contributed by atoms with van der Waals surface area (Å²) in [6, 6.07) is -3.31. The Balaban J connectivity index is 3.21. The lowest BCUT2D eigenvalue weighted by atomic mass is 10.2. The number of aliphatic carboxylic acids is 4. The first kappa shape index (κ1) is 27.8. The molecule has 184 valence electrons. The van der Waals surface area contributed by atoms with E-state index in [9.17, 15) is 39.6 Å². The summed E-state index contributed by atoms with van der Waals surface area (Å²) in [6.45, 7) is 8.35. The van der Waals surface area contributed by atoms with Crippen LogP contribution < -0.4 is 0 Å². The Hall–Kier alpha value is -2.28. The van der Waals surface area contributed by atoms with Gasteiger partial charge in [0.1, 0.15) is 24.2 Å². The van der Waals surface area contributed by atoms with Crippen molar-refractivity contribution in [1.82, 2.24) is 19.6 Å². The van der Waals surface area contributed by atoms with Gasteiger partial charge in [-0.2, -0.15) is 0 Å². The second-order valence-corrected chi connectivity index (χ2v) is 8.20. The average Bonchev–Trinajstić information content (AvgIpc) is 2.72. The lowest BCUT2D eigenvalue weighted by Crippen LogP contribution is -2.55. The summed E-state index contributed by atoms with van der Waals surface area (Å²) in [7, 11) is 0. The highest BCUT2D eigenvalue weighted by Crippen LogP contribution is 2.10. The molecule has 1 fully saturated rings. The molecule has 0 aromatic rings. The molecule has 0 aromatic carbocycles. The zero-order valence-corrected chi connectivity index (χ0v) is 19.2. The van der Waals surface area contributed by atoms with Gasteiger partial charge in [-0.3, -0.25) is 38.8 Å². The molecule has 32 heavy (non-hydrogen) atoms. The van der Waals surface area contributed by atoms with Crippen molar-refractivity contribution in [3.05, 3.63) is 0 Å². The molecule has 4 unspecified atom stereocenters. The Labute approximate surface area is 188 Å². The quantitative estimate of drug-likeness (QED) is 0.354. The van der Waals surface area contributed by atoms with Crippen LogP contribution in [0.3, 0.4) is 0 Å². The first-order valence-corrected chi connectivity index (χ1v) is 10.7. The van der Waals surface area contributed by atoms with Gasteiger partial charge >= 0.3 is 23.9 Å². The Bertz CT molecular complexity index is 548. The van der Waals surface area contributed by atoms with Crippen LogP contribution >= 0.6 is 0 Å². The number of hydrogen-bond donors (Lipinski definition) is 4. The second kappa shape index (κ2) is 12.7. The van der Waals surface area contributed by atoms with Crippen molar-refractivity contribution >= 4 is 23.9 Å². The van der Waals surface area contributed by atoms with Crippen molar-refractivity contribution in [1.29, 1.82) is 0 Å². The lowest BCUT2D eigenvalue weighted by Gasteiger charge is -2.38. The zero-order valence-electron chi connectivity index (χ0n) is 19.2. The minimum atomic E-state index is -1.02. The standard InChI is InChI=1S/C20H36N4O8/c1-13(17(25)26)21-5-7-22(14(2)18(27)28)9-11-24(16(4)20(31)32)12-10-23(8-6-21)15(3)19(29)30/h13-16H,5-12H2,1-4H3,(H,25,26)(H,27,28)(H,29,30)(H,31,32). The van der Waals surface area contributed by atoms with E-state index in [0.717, 1.165) is 0 Å². The third-order valence-corrected chi connectivity index (χ3v) is 6.32. The summed E-state index contributed by atoms with van der Waals surface area (Å²) in [5.41, 5.74) is 0. The normalized spacial score (nSPS) is 22.6. The molecular formula is C20H36N4O8. The summed E-state index contributed by atoms with van der Waals surface area (Å²) in [4.78, 5) is 53.1. The van der Waals surface area contributed by atoms with Crippen LogP contribution in [0.5, 0.6) is 0 Å². The van der Waals surface area contributed by atoms with Gasteiger partial charge in [-0.15, -0.1) is 0 Å². The predicted molar refractivity (Wildman–Crippen MR) is 115 cm³/mol. The molecule has 1 aliphatic rings. The lowest BCUT2D eigenvalue weighted by molar-refractivity contribution is -0.147. The largest absolute Gasteiger partial charge is 0.480 e. The first-order chi connectivity index (χ1) is 14.9. The SMILES string of the molecule is CC(C(=O)O)N1CCN(C(C)C(=O)O)CCN(C(C)C(=O)O)CCN(C(C)C(=O)O)CC1. The predicted octanol–water partition coefficient (Wildman–Crippen LogP) is -0.900. The summed E-state index contributed by atoms with van der Waals surface area (Å²) >= 11 is 0. The van der Waals surface area contributed by atoms with Crippen LogP contribution in [0, 0.1) is 0 Å². The molecule has 4 N–H and O–H groups in total. The van der Waals surface area contributed by atoms with Crippen LogP contribution in [0.25, 0.3) is 0 Å². The highest BCUT2D eigenvalue weighted by atomic mass is 16.4. The van der Waals surface area contributed by atoms with E-state index in [1.54, 1.807) is 47.3 Å². The van der Waals surface area contributed by atoms with Gasteiger partial charge in [0.15, 0.2) is 0 Å². The number of hydrogen-bond acceptors (Lipinski definition) is 8. The minimum Gasteiger partial charge on any atom is -0.480 e. The molecular weight excluding hydrogens is 424 g/mol. The van der Waals surface area contributed by atoms with Gasteiger partial charge < -0.3 is 20.4 Å². The van der Waals surface area contributed by atoms with E-state index in [2.05, 4.69) is 0 Å². The van der Waals surface area contributed by atoms with Gasteiger partial charge in [-0.1, -0.05) is 0 Å². The summed E-state index contributed by atoms with van der Waals surface area (Å²) in [5.74, 6) is -4.08. The number of carbonyl (C=O) groups is 4. The highest BCUT2D eigenvalue weighted by molar-refractivity contribution is 5.74. The second-order valence-electron chi connectivity index (χ2n) is 8.20. The van der Waals surface area contributed by atoms with Crippen LogP contribution in [0.1, 0.15) is 27.7 Å². The molecule has 0 aliphatic carbocycles. The van der Waals surface area contributed by atoms with E-state index < -0.39 is 48.0 Å². The molecule has 0 bridgehead atoms. The maximum absolute atomic E-state index is 11.6. The first-order valence-electron chi connectivity index (χ1n) is 10.7. The van der Waals surface area contributed by atoms with Gasteiger partial charge in [0, 0.05) is 52.4 Å². The van der Waals surface area contributed by atoms with E-state index in [4.69, 9.17) is 0 Å². The van der Waals surface area contributed by atoms with E-state index >= 15 is 0 Å². The summed E-state index contributed by atoms with van der Waals surface area (Å²) in [5, 5.41) is 37.9. The molecule has 0 aromatic heterocycles. The van der Waals surface area contributed by atoms with Crippen molar-refractivity contribution in [3.63, 3.8) is 0 Å². The minimum absolute atomic E-state index is 0.273. The molecule has 1 rings (SSSR count). The third-order valence-electron chi connectivity index (χ3n) is 6.32. The maximum Gasteiger partial charge on any atom is 0.320 e. The van der Waals surface area contributed by atoms with Crippen molar-refractivity contribution in [2.75, 3.05) is 52.4 Å². The topological polar surface area (TPSA) is 162 Å². The summed E-state index contributed by atoms with van der Waals surface area (Å²) in [6.07, 6.45) is 0. The molecule has 1 saturated heterocycles. The van der Waals surface area contributed by atoms with E-state index in [1.165, 1.54) is 0 Å². The monoisotopic (exact) mass is 460 g/mol. The van der Waals surface area contributed by atoms with Crippen LogP contribution in [-0.4, -0.2) is 140 Å². The van der Waals surface area contributed by atoms with E-state index in [1.807, 2.05) is 0 Å². The van der Waals surface area contributed by atoms with E-state index in [0.29, 0.717) is 0 Å². The van der Waals surface area contributed by atoms with Gasteiger partial charge in [0.05, 0.1) is 0 Å². The van der Waals surface area contributed by atoms with Crippen molar-refractivity contribution in [2.24, 2.45) is 0 Å². The Morgan fingerprint density at radius 1 is 0.438 bits per heavy atom. The third kappa shape index (κ3) is 8.01. The smallest absolute Gasteiger partial charge is 0.320 e.